The zero-order chi connectivity index (χ0) is 50.7. The van der Waals surface area contributed by atoms with Gasteiger partial charge in [-0.2, -0.15) is 0 Å². The standard InChI is InChI=1S/C64H121NO5/c1-3-5-7-9-11-13-15-17-19-21-23-24-25-26-27-28-30-31-33-35-37-40-44-48-52-56-62(67)61(60-66)65-63(68)57-53-49-45-41-39-43-47-51-55-59-70-64(69)58-54-50-46-42-38-36-34-32-29-22-20-18-16-14-12-10-8-6-4-2/h12,14,18,20,41,45,61-62,66-67H,3-11,13,15-17,19,21-40,42-44,46-60H2,1-2H3,(H,65,68)/b14-12-,20-18-,45-41-. The molecule has 6 nitrogen and oxygen atoms in total. The van der Waals surface area contributed by atoms with Crippen molar-refractivity contribution in [2.24, 2.45) is 0 Å². The summed E-state index contributed by atoms with van der Waals surface area (Å²) >= 11 is 0. The van der Waals surface area contributed by atoms with Crippen LogP contribution in [0.1, 0.15) is 335 Å². The van der Waals surface area contributed by atoms with Gasteiger partial charge in [-0.3, -0.25) is 9.59 Å². The Hall–Kier alpha value is -1.92. The minimum Gasteiger partial charge on any atom is -0.466 e. The number of carbonyl (C=O) groups is 2. The van der Waals surface area contributed by atoms with Crippen LogP contribution in [0.5, 0.6) is 0 Å². The fraction of sp³-hybridized carbons (Fsp3) is 0.875. The number of carbonyl (C=O) groups excluding carboxylic acids is 2. The first-order valence-corrected chi connectivity index (χ1v) is 31.2. The summed E-state index contributed by atoms with van der Waals surface area (Å²) in [5.74, 6) is -0.131. The van der Waals surface area contributed by atoms with Crippen LogP contribution in [0.4, 0.5) is 0 Å². The van der Waals surface area contributed by atoms with E-state index in [4.69, 9.17) is 4.74 Å². The molecular weight excluding hydrogens is 863 g/mol. The lowest BCUT2D eigenvalue weighted by Gasteiger charge is -2.22. The van der Waals surface area contributed by atoms with Crippen molar-refractivity contribution >= 4 is 11.9 Å². The minimum absolute atomic E-state index is 0.0384. The van der Waals surface area contributed by atoms with Crippen molar-refractivity contribution in [1.29, 1.82) is 0 Å². The predicted octanol–water partition coefficient (Wildman–Crippen LogP) is 19.6. The topological polar surface area (TPSA) is 95.9 Å². The smallest absolute Gasteiger partial charge is 0.305 e. The van der Waals surface area contributed by atoms with Gasteiger partial charge >= 0.3 is 5.97 Å². The van der Waals surface area contributed by atoms with Crippen LogP contribution in [0.3, 0.4) is 0 Å². The van der Waals surface area contributed by atoms with Crippen molar-refractivity contribution < 1.29 is 24.5 Å². The monoisotopic (exact) mass is 984 g/mol. The number of hydrogen-bond donors (Lipinski definition) is 3. The summed E-state index contributed by atoms with van der Waals surface area (Å²) in [7, 11) is 0. The predicted molar refractivity (Wildman–Crippen MR) is 306 cm³/mol. The van der Waals surface area contributed by atoms with Crippen LogP contribution >= 0.6 is 0 Å². The fourth-order valence-electron chi connectivity index (χ4n) is 9.62. The molecule has 0 aromatic heterocycles. The number of hydrogen-bond acceptors (Lipinski definition) is 5. The van der Waals surface area contributed by atoms with Crippen molar-refractivity contribution in [3.63, 3.8) is 0 Å². The van der Waals surface area contributed by atoms with Crippen LogP contribution in [0, 0.1) is 0 Å². The van der Waals surface area contributed by atoms with E-state index in [-0.39, 0.29) is 18.5 Å². The van der Waals surface area contributed by atoms with E-state index >= 15 is 0 Å². The average Bonchev–Trinajstić information content (AvgIpc) is 3.36. The van der Waals surface area contributed by atoms with Crippen LogP contribution < -0.4 is 5.32 Å². The van der Waals surface area contributed by atoms with Crippen molar-refractivity contribution in [3.8, 4) is 0 Å². The van der Waals surface area contributed by atoms with E-state index in [1.165, 1.54) is 225 Å². The maximum Gasteiger partial charge on any atom is 0.305 e. The Morgan fingerprint density at radius 1 is 0.400 bits per heavy atom. The number of unbranched alkanes of at least 4 members (excludes halogenated alkanes) is 41. The largest absolute Gasteiger partial charge is 0.466 e. The lowest BCUT2D eigenvalue weighted by molar-refractivity contribution is -0.143. The third-order valence-corrected chi connectivity index (χ3v) is 14.4. The van der Waals surface area contributed by atoms with Gasteiger partial charge in [0.2, 0.25) is 5.91 Å². The van der Waals surface area contributed by atoms with Gasteiger partial charge in [-0.1, -0.05) is 281 Å². The number of nitrogens with one attached hydrogen (secondary N) is 1. The lowest BCUT2D eigenvalue weighted by Crippen LogP contribution is -2.45. The third-order valence-electron chi connectivity index (χ3n) is 14.4. The van der Waals surface area contributed by atoms with Gasteiger partial charge in [-0.05, 0) is 77.0 Å². The van der Waals surface area contributed by atoms with Gasteiger partial charge in [0.25, 0.3) is 0 Å². The Bertz CT molecular complexity index is 1130. The van der Waals surface area contributed by atoms with E-state index in [0.717, 1.165) is 77.0 Å². The number of allylic oxidation sites excluding steroid dienone is 6. The Kier molecular flexibility index (Phi) is 58.0. The molecule has 0 spiro atoms. The van der Waals surface area contributed by atoms with Gasteiger partial charge < -0.3 is 20.3 Å². The molecule has 70 heavy (non-hydrogen) atoms. The number of aliphatic hydroxyl groups excluding tert-OH is 2. The number of esters is 1. The van der Waals surface area contributed by atoms with Crippen molar-refractivity contribution in [2.75, 3.05) is 13.2 Å². The molecular formula is C64H121NO5. The average molecular weight is 985 g/mol. The van der Waals surface area contributed by atoms with Crippen LogP contribution in [-0.2, 0) is 14.3 Å². The van der Waals surface area contributed by atoms with Crippen molar-refractivity contribution in [2.45, 2.75) is 347 Å². The van der Waals surface area contributed by atoms with Gasteiger partial charge in [-0.15, -0.1) is 0 Å². The Balaban J connectivity index is 3.50. The highest BCUT2D eigenvalue weighted by Gasteiger charge is 2.20. The van der Waals surface area contributed by atoms with E-state index in [2.05, 4.69) is 55.6 Å². The molecule has 6 heteroatoms. The summed E-state index contributed by atoms with van der Waals surface area (Å²) in [5, 5.41) is 23.3. The van der Waals surface area contributed by atoms with Crippen LogP contribution in [0.2, 0.25) is 0 Å². The summed E-state index contributed by atoms with van der Waals surface area (Å²) in [5.41, 5.74) is 0. The third kappa shape index (κ3) is 55.4. The molecule has 0 heterocycles. The molecule has 0 aliphatic heterocycles. The maximum atomic E-state index is 12.5. The van der Waals surface area contributed by atoms with Gasteiger partial charge in [0.1, 0.15) is 0 Å². The normalized spacial score (nSPS) is 12.8. The van der Waals surface area contributed by atoms with E-state index < -0.39 is 12.1 Å². The number of ether oxygens (including phenoxy) is 1. The lowest BCUT2D eigenvalue weighted by atomic mass is 10.0. The van der Waals surface area contributed by atoms with Crippen molar-refractivity contribution in [1.82, 2.24) is 5.32 Å². The first-order chi connectivity index (χ1) is 34.5. The number of rotatable bonds is 58. The molecule has 0 rings (SSSR count). The Morgan fingerprint density at radius 2 is 0.729 bits per heavy atom. The molecule has 2 unspecified atom stereocenters. The zero-order valence-corrected chi connectivity index (χ0v) is 47.0. The highest BCUT2D eigenvalue weighted by molar-refractivity contribution is 5.76. The number of amides is 1. The van der Waals surface area contributed by atoms with Crippen molar-refractivity contribution in [3.05, 3.63) is 36.5 Å². The second-order valence-corrected chi connectivity index (χ2v) is 21.4. The van der Waals surface area contributed by atoms with E-state index in [9.17, 15) is 19.8 Å². The van der Waals surface area contributed by atoms with Gasteiger partial charge in [0.05, 0.1) is 25.4 Å². The van der Waals surface area contributed by atoms with E-state index in [0.29, 0.717) is 25.9 Å². The number of aliphatic hydroxyl groups is 2. The highest BCUT2D eigenvalue weighted by Crippen LogP contribution is 2.18. The molecule has 3 N–H and O–H groups in total. The second kappa shape index (κ2) is 59.6. The van der Waals surface area contributed by atoms with Crippen LogP contribution in [0.15, 0.2) is 36.5 Å². The summed E-state index contributed by atoms with van der Waals surface area (Å²) in [4.78, 5) is 24.6. The summed E-state index contributed by atoms with van der Waals surface area (Å²) in [6.45, 7) is 4.86. The quantitative estimate of drug-likeness (QED) is 0.0321. The summed E-state index contributed by atoms with van der Waals surface area (Å²) in [6.07, 6.45) is 74.5. The summed E-state index contributed by atoms with van der Waals surface area (Å²) in [6, 6.07) is -0.582. The summed E-state index contributed by atoms with van der Waals surface area (Å²) < 4.78 is 5.46. The molecule has 0 aliphatic carbocycles. The Labute approximate surface area is 436 Å². The first-order valence-electron chi connectivity index (χ1n) is 31.2. The molecule has 0 saturated heterocycles. The van der Waals surface area contributed by atoms with Crippen LogP contribution in [-0.4, -0.2) is 47.4 Å². The molecule has 1 amide bonds. The van der Waals surface area contributed by atoms with Crippen LogP contribution in [0.25, 0.3) is 0 Å². The molecule has 0 saturated carbocycles. The van der Waals surface area contributed by atoms with E-state index in [1.807, 2.05) is 0 Å². The zero-order valence-electron chi connectivity index (χ0n) is 47.0. The fourth-order valence-corrected chi connectivity index (χ4v) is 9.62. The molecule has 0 aliphatic rings. The maximum absolute atomic E-state index is 12.5. The molecule has 0 bridgehead atoms. The Morgan fingerprint density at radius 3 is 1.16 bits per heavy atom. The van der Waals surface area contributed by atoms with Gasteiger partial charge in [-0.25, -0.2) is 0 Å². The SMILES string of the molecule is CCCCC/C=C\C/C=C\CCCCCCCCCCCC(=O)OCCCCCC/C=C\CCCC(=O)NC(CO)C(O)CCCCCCCCCCCCCCCCCCCCCCCCCCC. The molecule has 0 aromatic carbocycles. The molecule has 0 aromatic rings. The highest BCUT2D eigenvalue weighted by atomic mass is 16.5. The second-order valence-electron chi connectivity index (χ2n) is 21.4. The molecule has 0 radical (unpaired) electrons. The first kappa shape index (κ1) is 68.1. The molecule has 412 valence electrons. The van der Waals surface area contributed by atoms with Gasteiger partial charge in [0, 0.05) is 12.8 Å². The van der Waals surface area contributed by atoms with Gasteiger partial charge in [0.15, 0.2) is 0 Å². The molecule has 0 fully saturated rings. The minimum atomic E-state index is -0.698. The van der Waals surface area contributed by atoms with E-state index in [1.54, 1.807) is 0 Å². The molecule has 2 atom stereocenters.